The van der Waals surface area contributed by atoms with Gasteiger partial charge in [0.05, 0.1) is 10.5 Å². The Morgan fingerprint density at radius 3 is 2.38 bits per heavy atom. The first kappa shape index (κ1) is 17.7. The molecule has 0 atom stereocenters. The molecule has 24 heavy (non-hydrogen) atoms. The van der Waals surface area contributed by atoms with E-state index < -0.39 is 10.5 Å². The van der Waals surface area contributed by atoms with E-state index in [1.54, 1.807) is 11.0 Å². The summed E-state index contributed by atoms with van der Waals surface area (Å²) in [6.07, 6.45) is 0.137. The maximum Gasteiger partial charge on any atom is 0.410 e. The van der Waals surface area contributed by atoms with Crippen LogP contribution in [0.2, 0.25) is 0 Å². The summed E-state index contributed by atoms with van der Waals surface area (Å²) in [5.74, 6) is 0. The van der Waals surface area contributed by atoms with Crippen molar-refractivity contribution >= 4 is 23.8 Å². The Labute approximate surface area is 140 Å². The number of anilines is 1. The molecule has 0 spiro atoms. The van der Waals surface area contributed by atoms with Crippen molar-refractivity contribution in [2.45, 2.75) is 26.4 Å². The van der Waals surface area contributed by atoms with E-state index in [4.69, 9.17) is 4.74 Å². The second-order valence-corrected chi connectivity index (χ2v) is 6.57. The topological polar surface area (TPSA) is 93.0 Å². The first-order chi connectivity index (χ1) is 11.2. The van der Waals surface area contributed by atoms with Gasteiger partial charge in [0.2, 0.25) is 0 Å². The molecule has 2 rings (SSSR count). The van der Waals surface area contributed by atoms with Gasteiger partial charge in [0.1, 0.15) is 5.60 Å². The summed E-state index contributed by atoms with van der Waals surface area (Å²) < 4.78 is 5.34. The van der Waals surface area contributed by atoms with Crippen LogP contribution in [-0.2, 0) is 4.74 Å². The van der Waals surface area contributed by atoms with Gasteiger partial charge in [-0.25, -0.2) is 4.79 Å². The molecule has 8 heteroatoms. The van der Waals surface area contributed by atoms with Gasteiger partial charge in [-0.15, -0.1) is 0 Å². The van der Waals surface area contributed by atoms with Crippen LogP contribution in [0.4, 0.5) is 16.2 Å². The highest BCUT2D eigenvalue weighted by atomic mass is 16.6. The number of carbonyl (C=O) groups excluding carboxylic acids is 2. The van der Waals surface area contributed by atoms with Crippen molar-refractivity contribution in [3.63, 3.8) is 0 Å². The quantitative estimate of drug-likeness (QED) is 0.478. The molecule has 1 aromatic carbocycles. The first-order valence-electron chi connectivity index (χ1n) is 7.68. The minimum atomic E-state index is -0.575. The smallest absolute Gasteiger partial charge is 0.410 e. The number of ether oxygens (including phenoxy) is 1. The lowest BCUT2D eigenvalue weighted by molar-refractivity contribution is -0.385. The number of hydrogen-bond donors (Lipinski definition) is 0. The summed E-state index contributed by atoms with van der Waals surface area (Å²) in [4.78, 5) is 37.0. The summed E-state index contributed by atoms with van der Waals surface area (Å²) in [5, 5.41) is 10.9. The third-order valence-corrected chi connectivity index (χ3v) is 3.63. The fourth-order valence-electron chi connectivity index (χ4n) is 2.47. The van der Waals surface area contributed by atoms with Gasteiger partial charge in [0.25, 0.3) is 5.69 Å². The maximum atomic E-state index is 12.0. The molecule has 0 N–H and O–H groups in total. The number of amides is 1. The summed E-state index contributed by atoms with van der Waals surface area (Å²) in [6.45, 7) is 7.56. The van der Waals surface area contributed by atoms with Gasteiger partial charge in [-0.1, -0.05) is 0 Å². The van der Waals surface area contributed by atoms with Crippen molar-refractivity contribution in [2.75, 3.05) is 31.1 Å². The van der Waals surface area contributed by atoms with Crippen LogP contribution >= 0.6 is 0 Å². The zero-order valence-corrected chi connectivity index (χ0v) is 14.0. The van der Waals surface area contributed by atoms with E-state index in [0.717, 1.165) is 5.69 Å². The van der Waals surface area contributed by atoms with Gasteiger partial charge in [0.15, 0.2) is 6.29 Å². The molecular formula is C16H21N3O5. The van der Waals surface area contributed by atoms with Crippen molar-refractivity contribution in [3.8, 4) is 0 Å². The van der Waals surface area contributed by atoms with Crippen LogP contribution in [0.5, 0.6) is 0 Å². The average Bonchev–Trinajstić information content (AvgIpc) is 2.52. The Hall–Kier alpha value is -2.64. The van der Waals surface area contributed by atoms with Crippen molar-refractivity contribution in [1.82, 2.24) is 4.90 Å². The minimum Gasteiger partial charge on any atom is -0.444 e. The number of rotatable bonds is 3. The molecule has 130 valence electrons. The fraction of sp³-hybridized carbons (Fsp3) is 0.500. The van der Waals surface area contributed by atoms with Crippen molar-refractivity contribution in [2.24, 2.45) is 0 Å². The predicted molar refractivity (Wildman–Crippen MR) is 88.5 cm³/mol. The number of aldehydes is 1. The molecular weight excluding hydrogens is 314 g/mol. The monoisotopic (exact) mass is 335 g/mol. The molecule has 1 aliphatic rings. The van der Waals surface area contributed by atoms with Gasteiger partial charge in [-0.05, 0) is 32.9 Å². The largest absolute Gasteiger partial charge is 0.444 e. The number of carbonyl (C=O) groups is 2. The Bertz CT molecular complexity index is 646. The second-order valence-electron chi connectivity index (χ2n) is 6.57. The Morgan fingerprint density at radius 1 is 1.25 bits per heavy atom. The van der Waals surface area contributed by atoms with Crippen LogP contribution in [0.1, 0.15) is 31.1 Å². The zero-order valence-electron chi connectivity index (χ0n) is 14.0. The number of nitro groups is 1. The van der Waals surface area contributed by atoms with Gasteiger partial charge in [0, 0.05) is 37.9 Å². The van der Waals surface area contributed by atoms with Crippen LogP contribution in [0.15, 0.2) is 18.2 Å². The summed E-state index contributed by atoms with van der Waals surface area (Å²) >= 11 is 0. The second kappa shape index (κ2) is 6.86. The Morgan fingerprint density at radius 2 is 1.88 bits per heavy atom. The number of hydrogen-bond acceptors (Lipinski definition) is 6. The summed E-state index contributed by atoms with van der Waals surface area (Å²) in [5.41, 5.74) is 0.0329. The molecule has 0 bridgehead atoms. The third kappa shape index (κ3) is 4.21. The van der Waals surface area contributed by atoms with Crippen LogP contribution in [0, 0.1) is 10.1 Å². The molecule has 0 aromatic heterocycles. The van der Waals surface area contributed by atoms with Crippen LogP contribution < -0.4 is 4.90 Å². The average molecular weight is 335 g/mol. The fourth-order valence-corrected chi connectivity index (χ4v) is 2.47. The lowest BCUT2D eigenvalue weighted by atomic mass is 10.1. The molecule has 1 amide bonds. The number of benzene rings is 1. The standard InChI is InChI=1S/C16H21N3O5/c1-16(2,3)24-15(21)18-8-6-17(7-9-18)13-4-5-14(19(22)23)12(10-13)11-20/h4-5,10-11H,6-9H2,1-3H3. The lowest BCUT2D eigenvalue weighted by Gasteiger charge is -2.36. The SMILES string of the molecule is CC(C)(C)OC(=O)N1CCN(c2ccc([N+](=O)[O-])c(C=O)c2)CC1. The minimum absolute atomic E-state index is 0.0482. The molecule has 0 unspecified atom stereocenters. The van der Waals surface area contributed by atoms with E-state index in [-0.39, 0.29) is 17.3 Å². The van der Waals surface area contributed by atoms with Crippen LogP contribution in [0.3, 0.4) is 0 Å². The molecule has 1 heterocycles. The molecule has 1 aromatic rings. The molecule has 0 saturated carbocycles. The van der Waals surface area contributed by atoms with Gasteiger partial charge < -0.3 is 14.5 Å². The molecule has 1 fully saturated rings. The van der Waals surface area contributed by atoms with E-state index in [2.05, 4.69) is 0 Å². The van der Waals surface area contributed by atoms with Gasteiger partial charge in [-0.3, -0.25) is 14.9 Å². The van der Waals surface area contributed by atoms with Crippen LogP contribution in [-0.4, -0.2) is 54.0 Å². The Balaban J connectivity index is 2.03. The number of nitro benzene ring substituents is 1. The summed E-state index contributed by atoms with van der Waals surface area (Å²) in [7, 11) is 0. The highest BCUT2D eigenvalue weighted by Crippen LogP contribution is 2.25. The normalized spacial score (nSPS) is 15.1. The van der Waals surface area contributed by atoms with Gasteiger partial charge >= 0.3 is 6.09 Å². The number of nitrogens with zero attached hydrogens (tertiary/aromatic N) is 3. The molecule has 1 aliphatic heterocycles. The molecule has 8 nitrogen and oxygen atoms in total. The highest BCUT2D eigenvalue weighted by molar-refractivity contribution is 5.83. The maximum absolute atomic E-state index is 12.0. The van der Waals surface area contributed by atoms with Crippen molar-refractivity contribution in [3.05, 3.63) is 33.9 Å². The van der Waals surface area contributed by atoms with E-state index in [0.29, 0.717) is 32.5 Å². The van der Waals surface area contributed by atoms with E-state index >= 15 is 0 Å². The highest BCUT2D eigenvalue weighted by Gasteiger charge is 2.26. The Kier molecular flexibility index (Phi) is 5.06. The lowest BCUT2D eigenvalue weighted by Crippen LogP contribution is -2.50. The third-order valence-electron chi connectivity index (χ3n) is 3.63. The first-order valence-corrected chi connectivity index (χ1v) is 7.68. The zero-order chi connectivity index (χ0) is 17.9. The predicted octanol–water partition coefficient (Wildman–Crippen LogP) is 2.46. The van der Waals surface area contributed by atoms with E-state index in [1.165, 1.54) is 12.1 Å². The van der Waals surface area contributed by atoms with Crippen molar-refractivity contribution < 1.29 is 19.2 Å². The molecule has 1 saturated heterocycles. The molecule has 0 aliphatic carbocycles. The van der Waals surface area contributed by atoms with E-state index in [1.807, 2.05) is 25.7 Å². The van der Waals surface area contributed by atoms with Crippen LogP contribution in [0.25, 0.3) is 0 Å². The number of piperazine rings is 1. The van der Waals surface area contributed by atoms with Gasteiger partial charge in [-0.2, -0.15) is 0 Å². The van der Waals surface area contributed by atoms with Crippen molar-refractivity contribution in [1.29, 1.82) is 0 Å². The van der Waals surface area contributed by atoms with E-state index in [9.17, 15) is 19.7 Å². The molecule has 0 radical (unpaired) electrons. The summed E-state index contributed by atoms with van der Waals surface area (Å²) in [6, 6.07) is 4.46.